The molecule has 0 atom stereocenters. The maximum atomic E-state index is 3.25. The molecule has 0 unspecified atom stereocenters. The van der Waals surface area contributed by atoms with Gasteiger partial charge in [0.2, 0.25) is 0 Å². The number of aryl methyl sites for hydroxylation is 2. The van der Waals surface area contributed by atoms with Crippen LogP contribution < -0.4 is 0 Å². The van der Waals surface area contributed by atoms with Crippen LogP contribution in [-0.4, -0.2) is 0 Å². The number of hydrogen-bond donors (Lipinski definition) is 0. The van der Waals surface area contributed by atoms with Crippen molar-refractivity contribution < 1.29 is 25.8 Å². The molecular weight excluding hydrogens is 587 g/mol. The zero-order valence-electron chi connectivity index (χ0n) is 20.8. The molecule has 0 aliphatic carbocycles. The van der Waals surface area contributed by atoms with E-state index >= 15 is 0 Å². The summed E-state index contributed by atoms with van der Waals surface area (Å²) in [6.07, 6.45) is 0. The average Bonchev–Trinajstić information content (AvgIpc) is 3.47. The molecule has 35 heavy (non-hydrogen) atoms. The van der Waals surface area contributed by atoms with Gasteiger partial charge in [-0.25, -0.2) is 0 Å². The van der Waals surface area contributed by atoms with Crippen LogP contribution in [0.5, 0.6) is 0 Å². The molecule has 174 valence electrons. The Hall–Kier alpha value is -3.03. The van der Waals surface area contributed by atoms with Crippen LogP contribution >= 0.6 is 0 Å². The van der Waals surface area contributed by atoms with Crippen molar-refractivity contribution >= 4 is 21.5 Å². The molecule has 0 saturated carbocycles. The summed E-state index contributed by atoms with van der Waals surface area (Å²) in [5.41, 5.74) is 7.89. The van der Waals surface area contributed by atoms with Crippen molar-refractivity contribution in [3.05, 3.63) is 139 Å². The molecule has 0 saturated heterocycles. The molecule has 6 aromatic carbocycles. The van der Waals surface area contributed by atoms with E-state index in [9.17, 15) is 0 Å². The summed E-state index contributed by atoms with van der Waals surface area (Å²) in [6, 6.07) is 43.1. The molecule has 6 aromatic rings. The monoisotopic (exact) mass is 619 g/mol. The summed E-state index contributed by atoms with van der Waals surface area (Å²) in [6.45, 7) is 9.30. The predicted octanol–water partition coefficient (Wildman–Crippen LogP) is 9.91. The van der Waals surface area contributed by atoms with E-state index in [1.807, 2.05) is 0 Å². The minimum absolute atomic E-state index is 0. The first-order valence-electron chi connectivity index (χ1n) is 11.8. The molecule has 0 bridgehead atoms. The molecule has 0 fully saturated rings. The average molecular weight is 618 g/mol. The van der Waals surface area contributed by atoms with E-state index in [-0.39, 0.29) is 25.8 Å². The fourth-order valence-corrected chi connectivity index (χ4v) is 4.51. The Morgan fingerprint density at radius 1 is 0.486 bits per heavy atom. The van der Waals surface area contributed by atoms with Crippen LogP contribution in [0.2, 0.25) is 0 Å². The first-order chi connectivity index (χ1) is 16.7. The van der Waals surface area contributed by atoms with Crippen LogP contribution in [0.3, 0.4) is 0 Å². The fraction of sp³-hybridized carbons (Fsp3) is 0.0882. The molecule has 6 rings (SSSR count). The molecule has 0 nitrogen and oxygen atoms in total. The predicted molar refractivity (Wildman–Crippen MR) is 150 cm³/mol. The molecule has 0 aliphatic rings. The quantitative estimate of drug-likeness (QED) is 0.134. The maximum Gasteiger partial charge on any atom is 0 e. The van der Waals surface area contributed by atoms with Crippen molar-refractivity contribution in [3.63, 3.8) is 0 Å². The summed E-state index contributed by atoms with van der Waals surface area (Å²) in [5, 5.41) is 5.37. The molecular formula is C34H31Hf-3. The van der Waals surface area contributed by atoms with Gasteiger partial charge in [0.15, 0.2) is 0 Å². The van der Waals surface area contributed by atoms with Gasteiger partial charge in [-0.3, -0.25) is 0 Å². The standard InChI is InChI=1S/2C16H13.C2H5.Hf/c2*1-12-10-14-8-5-9-15(16(14)11-12)13-6-3-2-4-7-13;1-2;/h2*2-11H,1H3;1H2,2H3;/q3*-1;. The van der Waals surface area contributed by atoms with Gasteiger partial charge in [-0.1, -0.05) is 97.8 Å². The van der Waals surface area contributed by atoms with E-state index in [1.165, 1.54) is 54.9 Å². The van der Waals surface area contributed by atoms with E-state index in [2.05, 4.69) is 142 Å². The maximum absolute atomic E-state index is 3.25. The fourth-order valence-electron chi connectivity index (χ4n) is 4.51. The first kappa shape index (κ1) is 26.6. The normalized spacial score (nSPS) is 10.1. The molecule has 0 aliphatic heterocycles. The van der Waals surface area contributed by atoms with Crippen molar-refractivity contribution in [2.75, 3.05) is 0 Å². The minimum atomic E-state index is 0. The molecule has 0 amide bonds. The molecule has 1 heteroatoms. The summed E-state index contributed by atoms with van der Waals surface area (Å²) >= 11 is 0. The van der Waals surface area contributed by atoms with E-state index in [0.29, 0.717) is 0 Å². The third-order valence-corrected chi connectivity index (χ3v) is 5.96. The van der Waals surface area contributed by atoms with E-state index in [1.54, 1.807) is 6.92 Å². The summed E-state index contributed by atoms with van der Waals surface area (Å²) in [5.74, 6) is 0. The van der Waals surface area contributed by atoms with Crippen molar-refractivity contribution in [2.24, 2.45) is 0 Å². The van der Waals surface area contributed by atoms with Gasteiger partial charge in [-0.15, -0.1) is 69.1 Å². The second-order valence-corrected chi connectivity index (χ2v) is 8.41. The third-order valence-electron chi connectivity index (χ3n) is 5.96. The number of rotatable bonds is 2. The van der Waals surface area contributed by atoms with Gasteiger partial charge >= 0.3 is 0 Å². The van der Waals surface area contributed by atoms with Crippen LogP contribution in [0.15, 0.2) is 121 Å². The number of benzene rings is 4. The first-order valence-corrected chi connectivity index (χ1v) is 11.8. The zero-order valence-corrected chi connectivity index (χ0v) is 24.3. The van der Waals surface area contributed by atoms with Gasteiger partial charge in [-0.05, 0) is 11.1 Å². The van der Waals surface area contributed by atoms with Gasteiger partial charge in [0, 0.05) is 25.8 Å². The third kappa shape index (κ3) is 6.16. The van der Waals surface area contributed by atoms with Gasteiger partial charge in [0.25, 0.3) is 0 Å². The van der Waals surface area contributed by atoms with Crippen molar-refractivity contribution in [1.82, 2.24) is 0 Å². The van der Waals surface area contributed by atoms with Crippen LogP contribution in [0.25, 0.3) is 43.8 Å². The second kappa shape index (κ2) is 12.6. The van der Waals surface area contributed by atoms with E-state index < -0.39 is 0 Å². The van der Waals surface area contributed by atoms with Crippen LogP contribution in [0.4, 0.5) is 0 Å². The zero-order chi connectivity index (χ0) is 23.9. The topological polar surface area (TPSA) is 0 Å². The van der Waals surface area contributed by atoms with Crippen molar-refractivity contribution in [2.45, 2.75) is 20.8 Å². The van der Waals surface area contributed by atoms with Crippen molar-refractivity contribution in [3.8, 4) is 22.3 Å². The Bertz CT molecular complexity index is 1350. The Balaban J connectivity index is 0.000000178. The summed E-state index contributed by atoms with van der Waals surface area (Å²) < 4.78 is 0. The van der Waals surface area contributed by atoms with Gasteiger partial charge in [0.1, 0.15) is 0 Å². The SMILES string of the molecule is Cc1cc2c(-c3ccccc3)cccc2[cH-]1.Cc1cc2c(-c3ccccc3)cccc2[cH-]1.[CH2-]C.[Hf]. The second-order valence-electron chi connectivity index (χ2n) is 8.41. The van der Waals surface area contributed by atoms with E-state index in [0.717, 1.165) is 0 Å². The van der Waals surface area contributed by atoms with Gasteiger partial charge < -0.3 is 6.92 Å². The van der Waals surface area contributed by atoms with Gasteiger partial charge in [0.05, 0.1) is 0 Å². The summed E-state index contributed by atoms with van der Waals surface area (Å²) in [7, 11) is 0. The number of hydrogen-bond acceptors (Lipinski definition) is 0. The smallest absolute Gasteiger partial charge is 0 e. The Labute approximate surface area is 228 Å². The number of fused-ring (bicyclic) bond motifs is 2. The molecule has 0 N–H and O–H groups in total. The van der Waals surface area contributed by atoms with Crippen LogP contribution in [0, 0.1) is 20.8 Å². The Morgan fingerprint density at radius 3 is 1.23 bits per heavy atom. The molecule has 0 spiro atoms. The van der Waals surface area contributed by atoms with Crippen LogP contribution in [-0.2, 0) is 25.8 Å². The molecule has 0 aromatic heterocycles. The Morgan fingerprint density at radius 2 is 0.857 bits per heavy atom. The largest absolute Gasteiger partial charge is 0.346 e. The van der Waals surface area contributed by atoms with Crippen molar-refractivity contribution in [1.29, 1.82) is 0 Å². The molecule has 0 heterocycles. The summed E-state index contributed by atoms with van der Waals surface area (Å²) in [4.78, 5) is 0. The minimum Gasteiger partial charge on any atom is -0.346 e. The van der Waals surface area contributed by atoms with Gasteiger partial charge in [-0.2, -0.15) is 19.1 Å². The Kier molecular flexibility index (Phi) is 9.57. The van der Waals surface area contributed by atoms with E-state index in [4.69, 9.17) is 0 Å². The van der Waals surface area contributed by atoms with Crippen LogP contribution in [0.1, 0.15) is 18.1 Å². The molecule has 0 radical (unpaired) electrons.